The summed E-state index contributed by atoms with van der Waals surface area (Å²) in [6.45, 7) is 6.89. The van der Waals surface area contributed by atoms with Crippen LogP contribution in [0.5, 0.6) is 0 Å². The second-order valence-electron chi connectivity index (χ2n) is 3.06. The summed E-state index contributed by atoms with van der Waals surface area (Å²) in [5.74, 6) is 6.43. The summed E-state index contributed by atoms with van der Waals surface area (Å²) < 4.78 is 0. The van der Waals surface area contributed by atoms with E-state index in [2.05, 4.69) is 31.9 Å². The van der Waals surface area contributed by atoms with E-state index in [4.69, 9.17) is 0 Å². The molecule has 0 atom stereocenters. The zero-order valence-corrected chi connectivity index (χ0v) is 8.56. The van der Waals surface area contributed by atoms with Gasteiger partial charge in [0.1, 0.15) is 0 Å². The van der Waals surface area contributed by atoms with Gasteiger partial charge in [0.05, 0.1) is 0 Å². The van der Waals surface area contributed by atoms with Gasteiger partial charge in [0.15, 0.2) is 0 Å². The molecule has 0 saturated carbocycles. The molecule has 0 N–H and O–H groups in total. The van der Waals surface area contributed by atoms with Gasteiger partial charge in [0.25, 0.3) is 0 Å². The summed E-state index contributed by atoms with van der Waals surface area (Å²) in [7, 11) is -0.396. The molecule has 0 aromatic rings. The van der Waals surface area contributed by atoms with Crippen LogP contribution in [0.2, 0.25) is 19.1 Å². The number of hydrogen-bond donors (Lipinski definition) is 0. The Morgan fingerprint density at radius 3 is 2.40 bits per heavy atom. The first-order valence-electron chi connectivity index (χ1n) is 4.23. The maximum Gasteiger partial charge on any atom is 0.0443 e. The molecular formula is C9H18Si. The van der Waals surface area contributed by atoms with Crippen molar-refractivity contribution in [3.63, 3.8) is 0 Å². The second-order valence-corrected chi connectivity index (χ2v) is 6.25. The minimum absolute atomic E-state index is 0.396. The molecular weight excluding hydrogens is 136 g/mol. The Hall–Kier alpha value is -0.223. The molecule has 10 heavy (non-hydrogen) atoms. The van der Waals surface area contributed by atoms with E-state index < -0.39 is 8.80 Å². The predicted molar refractivity (Wildman–Crippen MR) is 51.0 cm³/mol. The van der Waals surface area contributed by atoms with Crippen molar-refractivity contribution < 1.29 is 0 Å². The van der Waals surface area contributed by atoms with Gasteiger partial charge in [0, 0.05) is 21.3 Å². The van der Waals surface area contributed by atoms with Crippen molar-refractivity contribution in [3.05, 3.63) is 0 Å². The molecule has 0 aliphatic carbocycles. The van der Waals surface area contributed by atoms with Crippen LogP contribution in [0.1, 0.15) is 26.2 Å². The van der Waals surface area contributed by atoms with Crippen LogP contribution >= 0.6 is 0 Å². The lowest BCUT2D eigenvalue weighted by Gasteiger charge is -1.90. The van der Waals surface area contributed by atoms with Gasteiger partial charge < -0.3 is 0 Å². The molecule has 0 saturated heterocycles. The van der Waals surface area contributed by atoms with Gasteiger partial charge in [-0.25, -0.2) is 0 Å². The maximum absolute atomic E-state index is 3.23. The van der Waals surface area contributed by atoms with Crippen LogP contribution in [0, 0.1) is 11.8 Å². The average molecular weight is 154 g/mol. The van der Waals surface area contributed by atoms with Crippen molar-refractivity contribution in [2.75, 3.05) is 0 Å². The van der Waals surface area contributed by atoms with Crippen LogP contribution in [-0.2, 0) is 0 Å². The van der Waals surface area contributed by atoms with Crippen molar-refractivity contribution in [1.29, 1.82) is 0 Å². The minimum atomic E-state index is -0.396. The van der Waals surface area contributed by atoms with E-state index in [1.807, 2.05) is 0 Å². The largest absolute Gasteiger partial charge is 0.107 e. The zero-order valence-electron chi connectivity index (χ0n) is 7.41. The highest BCUT2D eigenvalue weighted by molar-refractivity contribution is 6.56. The summed E-state index contributed by atoms with van der Waals surface area (Å²) in [6, 6.07) is 1.20. The predicted octanol–water partition coefficient (Wildman–Crippen LogP) is 2.67. The first-order chi connectivity index (χ1) is 4.77. The van der Waals surface area contributed by atoms with Crippen LogP contribution in [0.25, 0.3) is 0 Å². The SMILES string of the molecule is CCCCC#CC[SiH](C)C. The van der Waals surface area contributed by atoms with Crippen LogP contribution in [0.4, 0.5) is 0 Å². The molecule has 0 nitrogen and oxygen atoms in total. The summed E-state index contributed by atoms with van der Waals surface area (Å²) in [4.78, 5) is 0. The smallest absolute Gasteiger partial charge is 0.0443 e. The third kappa shape index (κ3) is 7.78. The summed E-state index contributed by atoms with van der Waals surface area (Å²) in [6.07, 6.45) is 3.65. The lowest BCUT2D eigenvalue weighted by molar-refractivity contribution is 0.828. The lowest BCUT2D eigenvalue weighted by Crippen LogP contribution is -1.94. The van der Waals surface area contributed by atoms with Gasteiger partial charge >= 0.3 is 0 Å². The standard InChI is InChI=1S/C9H18Si/c1-4-5-6-7-8-9-10(2)3/h10H,4-6,9H2,1-3H3. The molecule has 58 valence electrons. The van der Waals surface area contributed by atoms with Crippen molar-refractivity contribution in [1.82, 2.24) is 0 Å². The Bertz CT molecular complexity index is 116. The molecule has 0 fully saturated rings. The zero-order chi connectivity index (χ0) is 7.82. The maximum atomic E-state index is 3.23. The number of unbranched alkanes of at least 4 members (excludes halogenated alkanes) is 2. The monoisotopic (exact) mass is 154 g/mol. The van der Waals surface area contributed by atoms with E-state index >= 15 is 0 Å². The second kappa shape index (κ2) is 6.89. The van der Waals surface area contributed by atoms with E-state index in [9.17, 15) is 0 Å². The van der Waals surface area contributed by atoms with E-state index in [-0.39, 0.29) is 0 Å². The summed E-state index contributed by atoms with van der Waals surface area (Å²) in [5, 5.41) is 0. The van der Waals surface area contributed by atoms with Gasteiger partial charge in [-0.1, -0.05) is 26.4 Å². The fourth-order valence-corrected chi connectivity index (χ4v) is 1.18. The van der Waals surface area contributed by atoms with Crippen LogP contribution in [0.15, 0.2) is 0 Å². The van der Waals surface area contributed by atoms with Crippen LogP contribution < -0.4 is 0 Å². The fraction of sp³-hybridized carbons (Fsp3) is 0.778. The van der Waals surface area contributed by atoms with Crippen molar-refractivity contribution in [3.8, 4) is 11.8 Å². The van der Waals surface area contributed by atoms with Crippen LogP contribution in [-0.4, -0.2) is 8.80 Å². The molecule has 0 amide bonds. The molecule has 0 spiro atoms. The highest BCUT2D eigenvalue weighted by Crippen LogP contribution is 1.92. The van der Waals surface area contributed by atoms with Crippen LogP contribution in [0.3, 0.4) is 0 Å². The van der Waals surface area contributed by atoms with E-state index in [0.29, 0.717) is 0 Å². The molecule has 0 radical (unpaired) electrons. The molecule has 0 aliphatic heterocycles. The molecule has 0 aliphatic rings. The average Bonchev–Trinajstić information content (AvgIpc) is 1.87. The number of hydrogen-bond acceptors (Lipinski definition) is 0. The third-order valence-corrected chi connectivity index (χ3v) is 2.31. The molecule has 0 aromatic heterocycles. The molecule has 0 rings (SSSR count). The normalized spacial score (nSPS) is 9.20. The topological polar surface area (TPSA) is 0 Å². The Morgan fingerprint density at radius 1 is 1.20 bits per heavy atom. The third-order valence-electron chi connectivity index (χ3n) is 1.29. The molecule has 0 bridgehead atoms. The number of rotatable bonds is 3. The highest BCUT2D eigenvalue weighted by atomic mass is 28.3. The first-order valence-corrected chi connectivity index (χ1v) is 7.35. The van der Waals surface area contributed by atoms with E-state index in [1.54, 1.807) is 0 Å². The first kappa shape index (κ1) is 9.78. The van der Waals surface area contributed by atoms with E-state index in [1.165, 1.54) is 18.9 Å². The molecule has 0 heterocycles. The van der Waals surface area contributed by atoms with Crippen molar-refractivity contribution in [2.24, 2.45) is 0 Å². The highest BCUT2D eigenvalue weighted by Gasteiger charge is 1.87. The lowest BCUT2D eigenvalue weighted by atomic mass is 10.3. The van der Waals surface area contributed by atoms with Gasteiger partial charge in [-0.15, -0.1) is 11.8 Å². The van der Waals surface area contributed by atoms with Gasteiger partial charge in [-0.3, -0.25) is 0 Å². The van der Waals surface area contributed by atoms with Gasteiger partial charge in [-0.2, -0.15) is 0 Å². The van der Waals surface area contributed by atoms with Gasteiger partial charge in [0.2, 0.25) is 0 Å². The Balaban J connectivity index is 3.14. The Labute approximate surface area is 66.6 Å². The Kier molecular flexibility index (Phi) is 6.74. The molecule has 1 heteroatoms. The van der Waals surface area contributed by atoms with Crippen molar-refractivity contribution in [2.45, 2.75) is 45.3 Å². The quantitative estimate of drug-likeness (QED) is 0.333. The molecule has 0 unspecified atom stereocenters. The fourth-order valence-electron chi connectivity index (χ4n) is 0.630. The van der Waals surface area contributed by atoms with Gasteiger partial charge in [-0.05, 0) is 6.42 Å². The summed E-state index contributed by atoms with van der Waals surface area (Å²) >= 11 is 0. The van der Waals surface area contributed by atoms with Crippen molar-refractivity contribution >= 4 is 8.80 Å². The molecule has 0 aromatic carbocycles. The minimum Gasteiger partial charge on any atom is -0.107 e. The van der Waals surface area contributed by atoms with E-state index in [0.717, 1.165) is 6.42 Å². The summed E-state index contributed by atoms with van der Waals surface area (Å²) in [5.41, 5.74) is 0. The Morgan fingerprint density at radius 2 is 1.90 bits per heavy atom.